The van der Waals surface area contributed by atoms with E-state index in [0.717, 1.165) is 57.8 Å². The summed E-state index contributed by atoms with van der Waals surface area (Å²) in [5.74, 6) is -1.34. The van der Waals surface area contributed by atoms with Gasteiger partial charge in [-0.1, -0.05) is 136 Å². The van der Waals surface area contributed by atoms with Crippen LogP contribution in [0.25, 0.3) is 0 Å². The third-order valence-electron chi connectivity index (χ3n) is 8.90. The van der Waals surface area contributed by atoms with E-state index in [1.165, 1.54) is 77.0 Å². The molecule has 0 heterocycles. The van der Waals surface area contributed by atoms with Crippen LogP contribution in [-0.4, -0.2) is 68.9 Å². The van der Waals surface area contributed by atoms with E-state index < -0.39 is 12.2 Å². The molecule has 0 saturated heterocycles. The second-order valence-corrected chi connectivity index (χ2v) is 13.9. The molecule has 9 heteroatoms. The summed E-state index contributed by atoms with van der Waals surface area (Å²) in [6.07, 6.45) is 29.2. The Morgan fingerprint density at radius 2 is 0.941 bits per heavy atom. The van der Waals surface area contributed by atoms with E-state index in [0.29, 0.717) is 45.5 Å². The highest BCUT2D eigenvalue weighted by molar-refractivity contribution is 5.70. The average Bonchev–Trinajstić information content (AvgIpc) is 3.13. The minimum Gasteiger partial charge on any atom is -0.465 e. The minimum absolute atomic E-state index is 0.00410. The van der Waals surface area contributed by atoms with Crippen molar-refractivity contribution < 1.29 is 43.2 Å². The van der Waals surface area contributed by atoms with Gasteiger partial charge < -0.3 is 28.8 Å². The molecule has 0 aliphatic heterocycles. The van der Waals surface area contributed by atoms with Gasteiger partial charge in [0.25, 0.3) is 0 Å². The van der Waals surface area contributed by atoms with Gasteiger partial charge in [-0.2, -0.15) is 0 Å². The van der Waals surface area contributed by atoms with Gasteiger partial charge in [0.2, 0.25) is 0 Å². The number of hydrogen-bond acceptors (Lipinski definition) is 9. The van der Waals surface area contributed by atoms with Crippen LogP contribution >= 0.6 is 0 Å². The molecule has 0 aromatic rings. The molecule has 0 aromatic carbocycles. The first-order chi connectivity index (χ1) is 25.0. The van der Waals surface area contributed by atoms with Crippen LogP contribution in [0.1, 0.15) is 188 Å². The van der Waals surface area contributed by atoms with Gasteiger partial charge in [0.15, 0.2) is 6.29 Å². The topological polar surface area (TPSA) is 118 Å². The molecule has 300 valence electrons. The maximum Gasteiger partial charge on any atom is 0.306 e. The molecular weight excluding hydrogens is 648 g/mol. The molecule has 1 atom stereocenters. The second-order valence-electron chi connectivity index (χ2n) is 13.9. The Labute approximate surface area is 312 Å². The summed E-state index contributed by atoms with van der Waals surface area (Å²) in [5, 5.41) is 9.73. The average molecular weight is 727 g/mol. The zero-order chi connectivity index (χ0) is 37.5. The fourth-order valence-corrected chi connectivity index (χ4v) is 5.52. The van der Waals surface area contributed by atoms with Crippen LogP contribution in [0.2, 0.25) is 0 Å². The molecule has 1 unspecified atom stereocenters. The summed E-state index contributed by atoms with van der Waals surface area (Å²) in [7, 11) is 0. The first kappa shape index (κ1) is 49.0. The van der Waals surface area contributed by atoms with Gasteiger partial charge in [-0.05, 0) is 38.5 Å². The van der Waals surface area contributed by atoms with E-state index in [-0.39, 0.29) is 44.1 Å². The zero-order valence-corrected chi connectivity index (χ0v) is 33.2. The summed E-state index contributed by atoms with van der Waals surface area (Å²) < 4.78 is 28.0. The Balaban J connectivity index is 4.11. The molecule has 0 saturated carbocycles. The van der Waals surface area contributed by atoms with Gasteiger partial charge in [-0.25, -0.2) is 0 Å². The summed E-state index contributed by atoms with van der Waals surface area (Å²) in [4.78, 5) is 36.6. The molecule has 0 aromatic heterocycles. The zero-order valence-electron chi connectivity index (χ0n) is 33.2. The van der Waals surface area contributed by atoms with Crippen molar-refractivity contribution in [3.05, 3.63) is 12.2 Å². The van der Waals surface area contributed by atoms with Gasteiger partial charge in [-0.3, -0.25) is 14.4 Å². The standard InChI is InChI=1S/C42H78O9/c1-4-7-10-13-16-22-25-32-47-39(44)28-23-18-17-19-24-29-40(45)50-36-38(35-43)37-51-41(46)30-31-42(48-33-26-20-14-11-8-5-2)49-34-27-21-15-12-9-6-3/h22,25,38,42-43H,4-21,23-24,26-37H2,1-3H3. The predicted octanol–water partition coefficient (Wildman–Crippen LogP) is 10.3. The van der Waals surface area contributed by atoms with E-state index in [2.05, 4.69) is 26.8 Å². The quantitative estimate of drug-likeness (QED) is 0.0217. The van der Waals surface area contributed by atoms with Crippen LogP contribution in [0.15, 0.2) is 12.2 Å². The van der Waals surface area contributed by atoms with Crippen LogP contribution in [0, 0.1) is 5.92 Å². The van der Waals surface area contributed by atoms with Crippen LogP contribution in [0.3, 0.4) is 0 Å². The number of unbranched alkanes of at least 4 members (excludes halogenated alkanes) is 18. The molecule has 0 amide bonds. The van der Waals surface area contributed by atoms with Crippen LogP contribution < -0.4 is 0 Å². The number of allylic oxidation sites excluding steroid dienone is 1. The first-order valence-electron chi connectivity index (χ1n) is 20.9. The van der Waals surface area contributed by atoms with Gasteiger partial charge in [0, 0.05) is 32.5 Å². The van der Waals surface area contributed by atoms with Crippen LogP contribution in [0.5, 0.6) is 0 Å². The molecule has 51 heavy (non-hydrogen) atoms. The Morgan fingerprint density at radius 1 is 0.510 bits per heavy atom. The van der Waals surface area contributed by atoms with E-state index in [9.17, 15) is 19.5 Å². The van der Waals surface area contributed by atoms with E-state index in [1.54, 1.807) is 0 Å². The molecule has 0 bridgehead atoms. The van der Waals surface area contributed by atoms with Gasteiger partial charge in [0.05, 0.1) is 32.2 Å². The third kappa shape index (κ3) is 36.2. The number of aliphatic hydroxyl groups excluding tert-OH is 1. The van der Waals surface area contributed by atoms with E-state index >= 15 is 0 Å². The summed E-state index contributed by atoms with van der Waals surface area (Å²) in [6.45, 7) is 7.96. The smallest absolute Gasteiger partial charge is 0.306 e. The molecule has 0 aliphatic rings. The van der Waals surface area contributed by atoms with E-state index in [4.69, 9.17) is 23.7 Å². The SMILES string of the molecule is CCCCCCC=CCOC(=O)CCCCCCCC(=O)OCC(CO)COC(=O)CCC(OCCCCCCCC)OCCCCCCCC. The minimum atomic E-state index is -0.470. The highest BCUT2D eigenvalue weighted by Gasteiger charge is 2.17. The predicted molar refractivity (Wildman–Crippen MR) is 205 cm³/mol. The van der Waals surface area contributed by atoms with Gasteiger partial charge in [-0.15, -0.1) is 0 Å². The Kier molecular flexibility index (Phi) is 37.7. The fraction of sp³-hybridized carbons (Fsp3) is 0.881. The van der Waals surface area contributed by atoms with Crippen molar-refractivity contribution in [1.29, 1.82) is 0 Å². The monoisotopic (exact) mass is 727 g/mol. The number of rotatable bonds is 39. The van der Waals surface area contributed by atoms with Crippen LogP contribution in [0.4, 0.5) is 0 Å². The molecule has 0 fully saturated rings. The Morgan fingerprint density at radius 3 is 1.45 bits per heavy atom. The molecule has 0 spiro atoms. The molecule has 0 rings (SSSR count). The molecule has 0 aliphatic carbocycles. The first-order valence-corrected chi connectivity index (χ1v) is 20.9. The van der Waals surface area contributed by atoms with Crippen molar-refractivity contribution in [2.75, 3.05) is 39.6 Å². The molecule has 1 N–H and O–H groups in total. The Bertz CT molecular complexity index is 798. The summed E-state index contributed by atoms with van der Waals surface area (Å²) in [5.41, 5.74) is 0. The van der Waals surface area contributed by atoms with Gasteiger partial charge in [0.1, 0.15) is 6.61 Å². The maximum absolute atomic E-state index is 12.5. The number of hydrogen-bond donors (Lipinski definition) is 1. The Hall–Kier alpha value is -1.97. The fourth-order valence-electron chi connectivity index (χ4n) is 5.52. The largest absolute Gasteiger partial charge is 0.465 e. The van der Waals surface area contributed by atoms with Gasteiger partial charge >= 0.3 is 17.9 Å². The van der Waals surface area contributed by atoms with Crippen molar-refractivity contribution >= 4 is 17.9 Å². The number of carbonyl (C=O) groups excluding carboxylic acids is 3. The molecule has 0 radical (unpaired) electrons. The molecule has 9 nitrogen and oxygen atoms in total. The summed E-state index contributed by atoms with van der Waals surface area (Å²) >= 11 is 0. The maximum atomic E-state index is 12.5. The highest BCUT2D eigenvalue weighted by atomic mass is 16.7. The van der Waals surface area contributed by atoms with Crippen molar-refractivity contribution in [2.24, 2.45) is 5.92 Å². The number of ether oxygens (including phenoxy) is 5. The third-order valence-corrected chi connectivity index (χ3v) is 8.90. The molecular formula is C42H78O9. The number of carbonyl (C=O) groups is 3. The second kappa shape index (κ2) is 39.2. The highest BCUT2D eigenvalue weighted by Crippen LogP contribution is 2.13. The van der Waals surface area contributed by atoms with Crippen molar-refractivity contribution in [1.82, 2.24) is 0 Å². The normalized spacial score (nSPS) is 12.1. The number of esters is 3. The van der Waals surface area contributed by atoms with Crippen molar-refractivity contribution in [3.8, 4) is 0 Å². The lowest BCUT2D eigenvalue weighted by Crippen LogP contribution is -2.25. The van der Waals surface area contributed by atoms with Crippen molar-refractivity contribution in [3.63, 3.8) is 0 Å². The van der Waals surface area contributed by atoms with E-state index in [1.807, 2.05) is 6.08 Å². The number of aliphatic hydroxyl groups is 1. The lowest BCUT2D eigenvalue weighted by Gasteiger charge is -2.19. The van der Waals surface area contributed by atoms with Crippen LogP contribution in [-0.2, 0) is 38.1 Å². The van der Waals surface area contributed by atoms with Crippen molar-refractivity contribution in [2.45, 2.75) is 194 Å². The lowest BCUT2D eigenvalue weighted by atomic mass is 10.1. The lowest BCUT2D eigenvalue weighted by molar-refractivity contribution is -0.161. The summed E-state index contributed by atoms with van der Waals surface area (Å²) in [6, 6.07) is 0.